The second-order valence-electron chi connectivity index (χ2n) is 6.08. The van der Waals surface area contributed by atoms with Crippen LogP contribution in [0.1, 0.15) is 6.92 Å². The standard InChI is InChI=1S/C19H18N4O3/c1-13(24)20-15-8-6-14(7-9-15)17-11-23(22-21-17)10-16-12-25-18-4-2-3-5-19(18)26-16/h2-9,11,16H,10,12H2,1H3,(H,20,24)/t16-/m1/s1. The molecule has 1 aromatic heterocycles. The molecule has 0 saturated carbocycles. The molecule has 0 fully saturated rings. The van der Waals surface area contributed by atoms with Crippen LogP contribution in [-0.2, 0) is 11.3 Å². The molecule has 0 spiro atoms. The Balaban J connectivity index is 1.43. The Morgan fingerprint density at radius 1 is 1.19 bits per heavy atom. The number of carbonyl (C=O) groups excluding carboxylic acids is 1. The maximum Gasteiger partial charge on any atom is 0.221 e. The molecule has 1 amide bonds. The molecule has 26 heavy (non-hydrogen) atoms. The number of nitrogens with one attached hydrogen (secondary N) is 1. The van der Waals surface area contributed by atoms with Gasteiger partial charge in [0.2, 0.25) is 5.91 Å². The maximum atomic E-state index is 11.1. The van der Waals surface area contributed by atoms with E-state index in [0.29, 0.717) is 13.2 Å². The molecule has 0 radical (unpaired) electrons. The molecule has 0 unspecified atom stereocenters. The van der Waals surface area contributed by atoms with Crippen molar-refractivity contribution in [1.29, 1.82) is 0 Å². The minimum absolute atomic E-state index is 0.0973. The first-order valence-corrected chi connectivity index (χ1v) is 8.34. The SMILES string of the molecule is CC(=O)Nc1ccc(-c2cn(C[C@@H]3COc4ccccc4O3)nn2)cc1. The van der Waals surface area contributed by atoms with Gasteiger partial charge in [0.1, 0.15) is 12.3 Å². The second kappa shape index (κ2) is 6.87. The van der Waals surface area contributed by atoms with Crippen LogP contribution in [0, 0.1) is 0 Å². The number of para-hydroxylation sites is 2. The fourth-order valence-electron chi connectivity index (χ4n) is 2.81. The van der Waals surface area contributed by atoms with Crippen molar-refractivity contribution < 1.29 is 14.3 Å². The summed E-state index contributed by atoms with van der Waals surface area (Å²) in [6.45, 7) is 2.50. The third-order valence-electron chi connectivity index (χ3n) is 4.00. The summed E-state index contributed by atoms with van der Waals surface area (Å²) in [5, 5.41) is 11.1. The predicted octanol–water partition coefficient (Wildman–Crippen LogP) is 2.74. The molecular formula is C19H18N4O3. The molecule has 4 rings (SSSR count). The minimum Gasteiger partial charge on any atom is -0.486 e. The summed E-state index contributed by atoms with van der Waals surface area (Å²) < 4.78 is 13.4. The zero-order chi connectivity index (χ0) is 17.9. The van der Waals surface area contributed by atoms with Crippen molar-refractivity contribution in [2.75, 3.05) is 11.9 Å². The third-order valence-corrected chi connectivity index (χ3v) is 4.00. The van der Waals surface area contributed by atoms with Gasteiger partial charge in [-0.15, -0.1) is 5.10 Å². The second-order valence-corrected chi connectivity index (χ2v) is 6.08. The molecule has 0 aliphatic carbocycles. The van der Waals surface area contributed by atoms with Crippen LogP contribution in [0.15, 0.2) is 54.7 Å². The molecule has 0 bridgehead atoms. The Labute approximate surface area is 150 Å². The number of hydrogen-bond acceptors (Lipinski definition) is 5. The topological polar surface area (TPSA) is 78.3 Å². The van der Waals surface area contributed by atoms with Crippen molar-refractivity contribution in [2.24, 2.45) is 0 Å². The number of anilines is 1. The lowest BCUT2D eigenvalue weighted by Crippen LogP contribution is -2.33. The van der Waals surface area contributed by atoms with Gasteiger partial charge in [-0.1, -0.05) is 29.5 Å². The van der Waals surface area contributed by atoms with Gasteiger partial charge in [0.15, 0.2) is 17.6 Å². The smallest absolute Gasteiger partial charge is 0.221 e. The highest BCUT2D eigenvalue weighted by molar-refractivity contribution is 5.88. The molecule has 2 aromatic carbocycles. The Morgan fingerprint density at radius 2 is 1.96 bits per heavy atom. The first-order valence-electron chi connectivity index (χ1n) is 8.34. The van der Waals surface area contributed by atoms with Crippen LogP contribution in [0.5, 0.6) is 11.5 Å². The summed E-state index contributed by atoms with van der Waals surface area (Å²) in [6.07, 6.45) is 1.75. The highest BCUT2D eigenvalue weighted by Gasteiger charge is 2.21. The average molecular weight is 350 g/mol. The molecule has 3 aromatic rings. The Morgan fingerprint density at radius 3 is 2.73 bits per heavy atom. The zero-order valence-electron chi connectivity index (χ0n) is 14.3. The van der Waals surface area contributed by atoms with Gasteiger partial charge in [-0.05, 0) is 24.3 Å². The van der Waals surface area contributed by atoms with Gasteiger partial charge < -0.3 is 14.8 Å². The molecule has 1 atom stereocenters. The summed E-state index contributed by atoms with van der Waals surface area (Å²) in [5.74, 6) is 1.42. The van der Waals surface area contributed by atoms with Crippen LogP contribution in [0.2, 0.25) is 0 Å². The number of ether oxygens (including phenoxy) is 2. The van der Waals surface area contributed by atoms with Crippen molar-refractivity contribution >= 4 is 11.6 Å². The quantitative estimate of drug-likeness (QED) is 0.783. The van der Waals surface area contributed by atoms with Gasteiger partial charge in [-0.2, -0.15) is 0 Å². The summed E-state index contributed by atoms with van der Waals surface area (Å²) in [6, 6.07) is 15.1. The van der Waals surface area contributed by atoms with Gasteiger partial charge in [-0.25, -0.2) is 4.68 Å². The highest BCUT2D eigenvalue weighted by Crippen LogP contribution is 2.31. The average Bonchev–Trinajstić information content (AvgIpc) is 3.10. The number of carbonyl (C=O) groups is 1. The first kappa shape index (κ1) is 16.1. The summed E-state index contributed by atoms with van der Waals surface area (Å²) >= 11 is 0. The highest BCUT2D eigenvalue weighted by atomic mass is 16.6. The normalized spacial score (nSPS) is 15.5. The van der Waals surface area contributed by atoms with Gasteiger partial charge in [0.05, 0.1) is 12.7 Å². The molecule has 2 heterocycles. The molecule has 7 heteroatoms. The van der Waals surface area contributed by atoms with Crippen molar-refractivity contribution in [1.82, 2.24) is 15.0 Å². The molecular weight excluding hydrogens is 332 g/mol. The molecule has 0 saturated heterocycles. The number of benzene rings is 2. The number of nitrogens with zero attached hydrogens (tertiary/aromatic N) is 3. The lowest BCUT2D eigenvalue weighted by atomic mass is 10.1. The first-order chi connectivity index (χ1) is 12.7. The van der Waals surface area contributed by atoms with Gasteiger partial charge in [0.25, 0.3) is 0 Å². The largest absolute Gasteiger partial charge is 0.486 e. The predicted molar refractivity (Wildman–Crippen MR) is 96.1 cm³/mol. The molecule has 132 valence electrons. The number of hydrogen-bond donors (Lipinski definition) is 1. The lowest BCUT2D eigenvalue weighted by Gasteiger charge is -2.26. The Bertz CT molecular complexity index is 921. The lowest BCUT2D eigenvalue weighted by molar-refractivity contribution is -0.114. The van der Waals surface area contributed by atoms with E-state index in [4.69, 9.17) is 9.47 Å². The van der Waals surface area contributed by atoms with E-state index in [0.717, 1.165) is 28.4 Å². The fraction of sp³-hybridized carbons (Fsp3) is 0.211. The molecule has 1 N–H and O–H groups in total. The van der Waals surface area contributed by atoms with Gasteiger partial charge in [0, 0.05) is 18.2 Å². The van der Waals surface area contributed by atoms with Gasteiger partial charge in [-0.3, -0.25) is 4.79 Å². The number of amides is 1. The van der Waals surface area contributed by atoms with E-state index in [-0.39, 0.29) is 12.0 Å². The zero-order valence-corrected chi connectivity index (χ0v) is 14.3. The van der Waals surface area contributed by atoms with E-state index in [2.05, 4.69) is 15.6 Å². The van der Waals surface area contributed by atoms with Crippen LogP contribution in [-0.4, -0.2) is 33.6 Å². The van der Waals surface area contributed by atoms with Crippen LogP contribution in [0.25, 0.3) is 11.3 Å². The van der Waals surface area contributed by atoms with E-state index < -0.39 is 0 Å². The third kappa shape index (κ3) is 3.51. The Kier molecular flexibility index (Phi) is 4.27. The van der Waals surface area contributed by atoms with Crippen molar-refractivity contribution in [3.63, 3.8) is 0 Å². The summed E-state index contributed by atoms with van der Waals surface area (Å²) in [5.41, 5.74) is 2.44. The van der Waals surface area contributed by atoms with E-state index in [1.54, 1.807) is 4.68 Å². The van der Waals surface area contributed by atoms with E-state index in [1.165, 1.54) is 6.92 Å². The minimum atomic E-state index is -0.124. The maximum absolute atomic E-state index is 11.1. The fourth-order valence-corrected chi connectivity index (χ4v) is 2.81. The summed E-state index contributed by atoms with van der Waals surface area (Å²) in [4.78, 5) is 11.1. The van der Waals surface area contributed by atoms with Crippen LogP contribution >= 0.6 is 0 Å². The summed E-state index contributed by atoms with van der Waals surface area (Å²) in [7, 11) is 0. The Hall–Kier alpha value is -3.35. The molecule has 7 nitrogen and oxygen atoms in total. The van der Waals surface area contributed by atoms with Gasteiger partial charge >= 0.3 is 0 Å². The van der Waals surface area contributed by atoms with Crippen LogP contribution in [0.4, 0.5) is 5.69 Å². The van der Waals surface area contributed by atoms with E-state index in [9.17, 15) is 4.79 Å². The monoisotopic (exact) mass is 350 g/mol. The van der Waals surface area contributed by atoms with Crippen molar-refractivity contribution in [3.8, 4) is 22.8 Å². The van der Waals surface area contributed by atoms with Crippen molar-refractivity contribution in [2.45, 2.75) is 19.6 Å². The van der Waals surface area contributed by atoms with Crippen LogP contribution < -0.4 is 14.8 Å². The number of fused-ring (bicyclic) bond motifs is 1. The number of aromatic nitrogens is 3. The number of rotatable bonds is 4. The van der Waals surface area contributed by atoms with E-state index >= 15 is 0 Å². The molecule has 1 aliphatic rings. The van der Waals surface area contributed by atoms with Crippen LogP contribution in [0.3, 0.4) is 0 Å². The van der Waals surface area contributed by atoms with E-state index in [1.807, 2.05) is 54.7 Å². The molecule has 1 aliphatic heterocycles. The van der Waals surface area contributed by atoms with Crippen molar-refractivity contribution in [3.05, 3.63) is 54.7 Å².